The number of nitrogens with one attached hydrogen (secondary N) is 1. The van der Waals surface area contributed by atoms with E-state index in [-0.39, 0.29) is 24.1 Å². The molecule has 2 aliphatic heterocycles. The molecule has 1 atom stereocenters. The fraction of sp³-hybridized carbons (Fsp3) is 0.857. The molecule has 2 heterocycles. The Morgan fingerprint density at radius 3 is 2.76 bits per heavy atom. The van der Waals surface area contributed by atoms with Gasteiger partial charge in [-0.05, 0) is 27.2 Å². The third-order valence-corrected chi connectivity index (χ3v) is 3.89. The summed E-state index contributed by atoms with van der Waals surface area (Å²) in [5.74, 6) is 0. The lowest BCUT2D eigenvalue weighted by Gasteiger charge is -2.40. The van der Waals surface area contributed by atoms with Crippen LogP contribution in [0.4, 0.5) is 9.59 Å². The molecule has 2 rings (SSSR count). The average molecular weight is 299 g/mol. The smallest absolute Gasteiger partial charge is 0.410 e. The first kappa shape index (κ1) is 15.9. The molecule has 2 aliphatic rings. The second kappa shape index (κ2) is 5.71. The van der Waals surface area contributed by atoms with E-state index < -0.39 is 5.60 Å². The van der Waals surface area contributed by atoms with Gasteiger partial charge in [0, 0.05) is 38.1 Å². The van der Waals surface area contributed by atoms with Crippen LogP contribution < -0.4 is 5.32 Å². The normalized spacial score (nSPS) is 26.2. The number of hydrogen-bond donors (Lipinski definition) is 2. The van der Waals surface area contributed by atoms with Crippen LogP contribution in [-0.2, 0) is 4.74 Å². The van der Waals surface area contributed by atoms with Gasteiger partial charge in [-0.15, -0.1) is 0 Å². The second-order valence-electron chi connectivity index (χ2n) is 6.96. The molecule has 2 saturated heterocycles. The number of nitrogens with zero attached hydrogens (tertiary/aromatic N) is 2. The van der Waals surface area contributed by atoms with E-state index in [0.29, 0.717) is 32.7 Å². The Hall–Kier alpha value is -1.50. The molecule has 21 heavy (non-hydrogen) atoms. The summed E-state index contributed by atoms with van der Waals surface area (Å²) in [6.45, 7) is 8.15. The van der Waals surface area contributed by atoms with Crippen LogP contribution in [0.25, 0.3) is 0 Å². The summed E-state index contributed by atoms with van der Waals surface area (Å²) in [7, 11) is 0. The zero-order valence-electron chi connectivity index (χ0n) is 13.0. The zero-order valence-corrected chi connectivity index (χ0v) is 13.0. The highest BCUT2D eigenvalue weighted by Gasteiger charge is 2.45. The van der Waals surface area contributed by atoms with Crippen molar-refractivity contribution in [3.63, 3.8) is 0 Å². The molecule has 1 unspecified atom stereocenters. The summed E-state index contributed by atoms with van der Waals surface area (Å²) in [6.07, 6.45) is 0.527. The maximum atomic E-state index is 12.1. The van der Waals surface area contributed by atoms with Crippen LogP contribution >= 0.6 is 0 Å². The van der Waals surface area contributed by atoms with Gasteiger partial charge in [-0.2, -0.15) is 0 Å². The highest BCUT2D eigenvalue weighted by molar-refractivity contribution is 5.75. The Morgan fingerprint density at radius 1 is 1.43 bits per heavy atom. The highest BCUT2D eigenvalue weighted by atomic mass is 16.6. The Bertz CT molecular complexity index is 421. The number of ether oxygens (including phenoxy) is 1. The molecule has 120 valence electrons. The quantitative estimate of drug-likeness (QED) is 0.783. The molecule has 0 aromatic rings. The van der Waals surface area contributed by atoms with Gasteiger partial charge in [0.1, 0.15) is 5.60 Å². The van der Waals surface area contributed by atoms with Crippen LogP contribution in [0.1, 0.15) is 27.2 Å². The predicted octanol–water partition coefficient (Wildman–Crippen LogP) is 0.631. The second-order valence-corrected chi connectivity index (χ2v) is 6.96. The number of β-amino-alcohol motifs (C(OH)–C–C–N with tert-alkyl or cyclic N) is 1. The van der Waals surface area contributed by atoms with Gasteiger partial charge >= 0.3 is 12.1 Å². The molecule has 1 spiro atoms. The standard InChI is InChI=1S/C14H25N3O4/c1-13(2,3)21-12(20)17-5-4-14(10-17)8-15-11(19)16(9-14)6-7-18/h18H,4-10H2,1-3H3,(H,15,19). The first-order valence-electron chi connectivity index (χ1n) is 7.36. The van der Waals surface area contributed by atoms with Gasteiger partial charge in [0.25, 0.3) is 0 Å². The van der Waals surface area contributed by atoms with Crippen molar-refractivity contribution in [2.45, 2.75) is 32.8 Å². The molecular weight excluding hydrogens is 274 g/mol. The van der Waals surface area contributed by atoms with Crippen LogP contribution in [0.15, 0.2) is 0 Å². The van der Waals surface area contributed by atoms with Crippen LogP contribution in [0, 0.1) is 5.41 Å². The average Bonchev–Trinajstić information content (AvgIpc) is 2.77. The van der Waals surface area contributed by atoms with Gasteiger partial charge in [0.05, 0.1) is 6.61 Å². The Morgan fingerprint density at radius 2 is 2.14 bits per heavy atom. The summed E-state index contributed by atoms with van der Waals surface area (Å²) < 4.78 is 5.40. The molecule has 0 aromatic heterocycles. The minimum atomic E-state index is -0.503. The lowest BCUT2D eigenvalue weighted by Crippen LogP contribution is -2.58. The van der Waals surface area contributed by atoms with E-state index in [4.69, 9.17) is 9.84 Å². The number of likely N-dealkylation sites (tertiary alicyclic amines) is 1. The van der Waals surface area contributed by atoms with E-state index in [1.165, 1.54) is 0 Å². The zero-order chi connectivity index (χ0) is 15.7. The minimum absolute atomic E-state index is 0.0563. The van der Waals surface area contributed by atoms with Crippen molar-refractivity contribution in [1.82, 2.24) is 15.1 Å². The summed E-state index contributed by atoms with van der Waals surface area (Å²) >= 11 is 0. The third kappa shape index (κ3) is 3.78. The minimum Gasteiger partial charge on any atom is -0.444 e. The van der Waals surface area contributed by atoms with Crippen LogP contribution in [-0.4, -0.2) is 72.0 Å². The van der Waals surface area contributed by atoms with Crippen LogP contribution in [0.5, 0.6) is 0 Å². The molecule has 0 radical (unpaired) electrons. The Labute approximate surface area is 125 Å². The maximum Gasteiger partial charge on any atom is 0.410 e. The highest BCUT2D eigenvalue weighted by Crippen LogP contribution is 2.33. The van der Waals surface area contributed by atoms with E-state index in [1.807, 2.05) is 20.8 Å². The number of urea groups is 1. The first-order chi connectivity index (χ1) is 9.75. The predicted molar refractivity (Wildman–Crippen MR) is 76.9 cm³/mol. The maximum absolute atomic E-state index is 12.1. The number of hydrogen-bond acceptors (Lipinski definition) is 4. The van der Waals surface area contributed by atoms with Crippen molar-refractivity contribution >= 4 is 12.1 Å². The molecule has 0 saturated carbocycles. The number of carbonyl (C=O) groups excluding carboxylic acids is 2. The van der Waals surface area contributed by atoms with E-state index >= 15 is 0 Å². The molecule has 2 fully saturated rings. The molecule has 0 aliphatic carbocycles. The third-order valence-electron chi connectivity index (χ3n) is 3.89. The summed E-state index contributed by atoms with van der Waals surface area (Å²) in [5.41, 5.74) is -0.642. The van der Waals surface area contributed by atoms with Crippen molar-refractivity contribution in [3.05, 3.63) is 0 Å². The topological polar surface area (TPSA) is 82.1 Å². The van der Waals surface area contributed by atoms with Crippen molar-refractivity contribution in [2.24, 2.45) is 5.41 Å². The Balaban J connectivity index is 1.97. The first-order valence-corrected chi connectivity index (χ1v) is 7.36. The lowest BCUT2D eigenvalue weighted by atomic mass is 9.85. The number of aliphatic hydroxyl groups excluding tert-OH is 1. The van der Waals surface area contributed by atoms with Gasteiger partial charge < -0.3 is 25.0 Å². The largest absolute Gasteiger partial charge is 0.444 e. The number of aliphatic hydroxyl groups is 1. The molecule has 0 bridgehead atoms. The molecule has 7 heteroatoms. The van der Waals surface area contributed by atoms with E-state index in [9.17, 15) is 9.59 Å². The van der Waals surface area contributed by atoms with Crippen molar-refractivity contribution in [2.75, 3.05) is 39.3 Å². The van der Waals surface area contributed by atoms with E-state index in [2.05, 4.69) is 5.32 Å². The fourth-order valence-corrected chi connectivity index (χ4v) is 2.90. The number of amides is 3. The van der Waals surface area contributed by atoms with Gasteiger partial charge in [-0.3, -0.25) is 0 Å². The SMILES string of the molecule is CC(C)(C)OC(=O)N1CCC2(CNC(=O)N(CCO)C2)C1. The summed E-state index contributed by atoms with van der Waals surface area (Å²) in [5, 5.41) is 11.9. The Kier molecular flexibility index (Phi) is 4.32. The van der Waals surface area contributed by atoms with Crippen molar-refractivity contribution < 1.29 is 19.4 Å². The van der Waals surface area contributed by atoms with E-state index in [0.717, 1.165) is 6.42 Å². The number of carbonyl (C=O) groups is 2. The van der Waals surface area contributed by atoms with E-state index in [1.54, 1.807) is 9.80 Å². The van der Waals surface area contributed by atoms with Crippen LogP contribution in [0.3, 0.4) is 0 Å². The molecule has 3 amide bonds. The molecule has 7 nitrogen and oxygen atoms in total. The van der Waals surface area contributed by atoms with Gasteiger partial charge in [-0.25, -0.2) is 9.59 Å². The lowest BCUT2D eigenvalue weighted by molar-refractivity contribution is 0.0257. The molecular formula is C14H25N3O4. The van der Waals surface area contributed by atoms with Gasteiger partial charge in [0.15, 0.2) is 0 Å². The number of rotatable bonds is 2. The van der Waals surface area contributed by atoms with Crippen molar-refractivity contribution in [1.29, 1.82) is 0 Å². The fourth-order valence-electron chi connectivity index (χ4n) is 2.90. The summed E-state index contributed by atoms with van der Waals surface area (Å²) in [6, 6.07) is -0.148. The van der Waals surface area contributed by atoms with Gasteiger partial charge in [0.2, 0.25) is 0 Å². The monoisotopic (exact) mass is 299 g/mol. The molecule has 0 aromatic carbocycles. The summed E-state index contributed by atoms with van der Waals surface area (Å²) in [4.78, 5) is 27.2. The molecule has 2 N–H and O–H groups in total. The van der Waals surface area contributed by atoms with Gasteiger partial charge in [-0.1, -0.05) is 0 Å². The van der Waals surface area contributed by atoms with Crippen LogP contribution in [0.2, 0.25) is 0 Å². The van der Waals surface area contributed by atoms with Crippen molar-refractivity contribution in [3.8, 4) is 0 Å².